The standard InChI is InChI=1S/C13H15N3OS/c1-3-15-13-10(11(14)17)16-12(18-13)9-6-4-5-8(2)7-9/h4-7,15H,3H2,1-2H3,(H2,14,17). The van der Waals surface area contributed by atoms with Crippen LogP contribution >= 0.6 is 11.3 Å². The Labute approximate surface area is 110 Å². The van der Waals surface area contributed by atoms with Crippen molar-refractivity contribution in [1.29, 1.82) is 0 Å². The summed E-state index contributed by atoms with van der Waals surface area (Å²) in [5, 5.41) is 4.66. The van der Waals surface area contributed by atoms with Crippen LogP contribution in [-0.2, 0) is 0 Å². The summed E-state index contributed by atoms with van der Waals surface area (Å²) in [5.41, 5.74) is 7.82. The molecule has 0 fully saturated rings. The highest BCUT2D eigenvalue weighted by Crippen LogP contribution is 2.32. The molecule has 0 bridgehead atoms. The van der Waals surface area contributed by atoms with Gasteiger partial charge in [0.15, 0.2) is 5.69 Å². The number of amides is 1. The lowest BCUT2D eigenvalue weighted by Crippen LogP contribution is -2.13. The fourth-order valence-electron chi connectivity index (χ4n) is 1.67. The van der Waals surface area contributed by atoms with E-state index < -0.39 is 5.91 Å². The second-order valence-electron chi connectivity index (χ2n) is 3.96. The molecule has 4 nitrogen and oxygen atoms in total. The second kappa shape index (κ2) is 5.18. The van der Waals surface area contributed by atoms with Gasteiger partial charge in [-0.05, 0) is 19.9 Å². The first-order chi connectivity index (χ1) is 8.61. The van der Waals surface area contributed by atoms with Gasteiger partial charge in [-0.1, -0.05) is 35.1 Å². The van der Waals surface area contributed by atoms with Crippen molar-refractivity contribution in [2.45, 2.75) is 13.8 Å². The summed E-state index contributed by atoms with van der Waals surface area (Å²) in [5.74, 6) is -0.499. The van der Waals surface area contributed by atoms with Gasteiger partial charge in [-0.25, -0.2) is 4.98 Å². The fourth-order valence-corrected chi connectivity index (χ4v) is 2.70. The summed E-state index contributed by atoms with van der Waals surface area (Å²) in [6.45, 7) is 4.73. The van der Waals surface area contributed by atoms with Crippen LogP contribution in [0.25, 0.3) is 10.6 Å². The highest BCUT2D eigenvalue weighted by atomic mass is 32.1. The van der Waals surface area contributed by atoms with E-state index in [2.05, 4.69) is 10.3 Å². The van der Waals surface area contributed by atoms with Gasteiger partial charge < -0.3 is 11.1 Å². The molecular weight excluding hydrogens is 246 g/mol. The quantitative estimate of drug-likeness (QED) is 0.889. The van der Waals surface area contributed by atoms with Gasteiger partial charge in [0.2, 0.25) is 0 Å². The molecule has 0 radical (unpaired) electrons. The first-order valence-corrected chi connectivity index (χ1v) is 6.55. The van der Waals surface area contributed by atoms with Gasteiger partial charge in [-0.2, -0.15) is 0 Å². The Bertz CT molecular complexity index is 577. The SMILES string of the molecule is CCNc1sc(-c2cccc(C)c2)nc1C(N)=O. The minimum atomic E-state index is -0.499. The Kier molecular flexibility index (Phi) is 3.62. The molecule has 0 saturated heterocycles. The number of nitrogens with one attached hydrogen (secondary N) is 1. The number of nitrogens with two attached hydrogens (primary N) is 1. The monoisotopic (exact) mass is 261 g/mol. The number of anilines is 1. The van der Waals surface area contributed by atoms with Crippen molar-refractivity contribution in [2.24, 2.45) is 5.73 Å². The van der Waals surface area contributed by atoms with Crippen molar-refractivity contribution >= 4 is 22.2 Å². The number of nitrogens with zero attached hydrogens (tertiary/aromatic N) is 1. The number of carbonyl (C=O) groups excluding carboxylic acids is 1. The van der Waals surface area contributed by atoms with Gasteiger partial charge in [-0.15, -0.1) is 0 Å². The Morgan fingerprint density at radius 3 is 2.89 bits per heavy atom. The van der Waals surface area contributed by atoms with E-state index in [1.54, 1.807) is 0 Å². The Morgan fingerprint density at radius 1 is 1.50 bits per heavy atom. The van der Waals surface area contributed by atoms with Gasteiger partial charge >= 0.3 is 0 Å². The number of hydrogen-bond acceptors (Lipinski definition) is 4. The molecule has 1 aromatic heterocycles. The van der Waals surface area contributed by atoms with Gasteiger partial charge in [0.1, 0.15) is 10.0 Å². The molecule has 0 saturated carbocycles. The van der Waals surface area contributed by atoms with Crippen LogP contribution in [0.2, 0.25) is 0 Å². The molecule has 0 aliphatic carbocycles. The van der Waals surface area contributed by atoms with E-state index in [4.69, 9.17) is 5.73 Å². The molecule has 1 amide bonds. The zero-order chi connectivity index (χ0) is 13.1. The lowest BCUT2D eigenvalue weighted by Gasteiger charge is -1.98. The number of aryl methyl sites for hydroxylation is 1. The summed E-state index contributed by atoms with van der Waals surface area (Å²) >= 11 is 1.45. The molecule has 1 aromatic carbocycles. The normalized spacial score (nSPS) is 10.3. The van der Waals surface area contributed by atoms with E-state index in [1.807, 2.05) is 38.1 Å². The summed E-state index contributed by atoms with van der Waals surface area (Å²) in [6.07, 6.45) is 0. The average Bonchev–Trinajstić information content (AvgIpc) is 2.74. The molecule has 3 N–H and O–H groups in total. The summed E-state index contributed by atoms with van der Waals surface area (Å²) in [7, 11) is 0. The maximum Gasteiger partial charge on any atom is 0.270 e. The van der Waals surface area contributed by atoms with Crippen LogP contribution in [0.4, 0.5) is 5.00 Å². The highest BCUT2D eigenvalue weighted by molar-refractivity contribution is 7.19. The van der Waals surface area contributed by atoms with Crippen LogP contribution in [-0.4, -0.2) is 17.4 Å². The number of benzene rings is 1. The number of aromatic nitrogens is 1. The molecular formula is C13H15N3OS. The van der Waals surface area contributed by atoms with Crippen molar-refractivity contribution in [1.82, 2.24) is 4.98 Å². The number of thiazole rings is 1. The fraction of sp³-hybridized carbons (Fsp3) is 0.231. The molecule has 5 heteroatoms. The second-order valence-corrected chi connectivity index (χ2v) is 4.96. The molecule has 18 heavy (non-hydrogen) atoms. The maximum atomic E-state index is 11.3. The van der Waals surface area contributed by atoms with Crippen molar-refractivity contribution in [2.75, 3.05) is 11.9 Å². The summed E-state index contributed by atoms with van der Waals surface area (Å²) in [4.78, 5) is 15.7. The predicted molar refractivity (Wildman–Crippen MR) is 75.0 cm³/mol. The Hall–Kier alpha value is -1.88. The zero-order valence-electron chi connectivity index (χ0n) is 10.4. The molecule has 2 aromatic rings. The molecule has 0 atom stereocenters. The van der Waals surface area contributed by atoms with Crippen molar-refractivity contribution < 1.29 is 4.79 Å². The van der Waals surface area contributed by atoms with E-state index in [9.17, 15) is 4.79 Å². The molecule has 0 aliphatic rings. The molecule has 2 rings (SSSR count). The summed E-state index contributed by atoms with van der Waals surface area (Å²) in [6, 6.07) is 8.02. The Balaban J connectivity index is 2.46. The van der Waals surface area contributed by atoms with Gasteiger partial charge in [0.25, 0.3) is 5.91 Å². The van der Waals surface area contributed by atoms with E-state index in [0.29, 0.717) is 5.69 Å². The van der Waals surface area contributed by atoms with E-state index in [1.165, 1.54) is 11.3 Å². The topological polar surface area (TPSA) is 68.0 Å². The maximum absolute atomic E-state index is 11.3. The van der Waals surface area contributed by atoms with Crippen LogP contribution in [0.5, 0.6) is 0 Å². The number of hydrogen-bond donors (Lipinski definition) is 2. The van der Waals surface area contributed by atoms with Crippen molar-refractivity contribution in [3.8, 4) is 10.6 Å². The number of rotatable bonds is 4. The minimum Gasteiger partial charge on any atom is -0.375 e. The van der Waals surface area contributed by atoms with Gasteiger partial charge in [0.05, 0.1) is 0 Å². The van der Waals surface area contributed by atoms with Gasteiger partial charge in [0, 0.05) is 12.1 Å². The smallest absolute Gasteiger partial charge is 0.270 e. The third kappa shape index (κ3) is 2.51. The van der Waals surface area contributed by atoms with E-state index >= 15 is 0 Å². The van der Waals surface area contributed by atoms with Crippen LogP contribution in [0, 0.1) is 6.92 Å². The zero-order valence-corrected chi connectivity index (χ0v) is 11.2. The molecule has 0 unspecified atom stereocenters. The van der Waals surface area contributed by atoms with Crippen LogP contribution < -0.4 is 11.1 Å². The van der Waals surface area contributed by atoms with Crippen LogP contribution in [0.1, 0.15) is 23.0 Å². The third-order valence-electron chi connectivity index (χ3n) is 2.46. The van der Waals surface area contributed by atoms with Crippen LogP contribution in [0.15, 0.2) is 24.3 Å². The van der Waals surface area contributed by atoms with Crippen molar-refractivity contribution in [3.05, 3.63) is 35.5 Å². The Morgan fingerprint density at radius 2 is 2.28 bits per heavy atom. The average molecular weight is 261 g/mol. The first-order valence-electron chi connectivity index (χ1n) is 5.73. The largest absolute Gasteiger partial charge is 0.375 e. The number of carbonyl (C=O) groups is 1. The van der Waals surface area contributed by atoms with E-state index in [-0.39, 0.29) is 0 Å². The van der Waals surface area contributed by atoms with Gasteiger partial charge in [-0.3, -0.25) is 4.79 Å². The molecule has 0 aliphatic heterocycles. The molecule has 94 valence electrons. The lowest BCUT2D eigenvalue weighted by atomic mass is 10.1. The summed E-state index contributed by atoms with van der Waals surface area (Å²) < 4.78 is 0. The predicted octanol–water partition coefficient (Wildman–Crippen LogP) is 2.65. The highest BCUT2D eigenvalue weighted by Gasteiger charge is 2.16. The molecule has 0 spiro atoms. The van der Waals surface area contributed by atoms with E-state index in [0.717, 1.165) is 27.7 Å². The first kappa shape index (κ1) is 12.6. The third-order valence-corrected chi connectivity index (χ3v) is 3.53. The molecule has 1 heterocycles. The number of primary amides is 1. The minimum absolute atomic E-state index is 0.318. The van der Waals surface area contributed by atoms with Crippen molar-refractivity contribution in [3.63, 3.8) is 0 Å². The van der Waals surface area contributed by atoms with Crippen LogP contribution in [0.3, 0.4) is 0 Å². The lowest BCUT2D eigenvalue weighted by molar-refractivity contribution is 0.0997.